The van der Waals surface area contributed by atoms with Gasteiger partial charge in [0.1, 0.15) is 5.69 Å². The largest absolute Gasteiger partial charge is 0.393 e. The minimum Gasteiger partial charge on any atom is -0.393 e. The second kappa shape index (κ2) is 4.61. The summed E-state index contributed by atoms with van der Waals surface area (Å²) in [5, 5.41) is 3.41. The number of ether oxygens (including phenoxy) is 2. The number of nitrogens with one attached hydrogen (secondary N) is 1. The van der Waals surface area contributed by atoms with Crippen LogP contribution < -0.4 is 16.8 Å². The molecule has 1 saturated carbocycles. The van der Waals surface area contributed by atoms with Gasteiger partial charge in [0.2, 0.25) is 5.95 Å². The number of aromatic nitrogens is 2. The lowest BCUT2D eigenvalue weighted by Crippen LogP contribution is -2.24. The first-order valence-corrected chi connectivity index (χ1v) is 6.90. The van der Waals surface area contributed by atoms with Crippen LogP contribution in [0, 0.1) is 5.92 Å². The molecule has 0 spiro atoms. The zero-order valence-corrected chi connectivity index (χ0v) is 12.1. The monoisotopic (exact) mass is 299 g/mol. The second-order valence-corrected chi connectivity index (χ2v) is 6.01. The number of anilines is 3. The molecule has 2 aliphatic rings. The van der Waals surface area contributed by atoms with Gasteiger partial charge in [0.15, 0.2) is 16.8 Å². The number of halogens is 1. The Kier molecular flexibility index (Phi) is 3.15. The van der Waals surface area contributed by atoms with E-state index in [0.29, 0.717) is 24.0 Å². The minimum absolute atomic E-state index is 0.0957. The van der Waals surface area contributed by atoms with E-state index in [-0.39, 0.29) is 23.2 Å². The van der Waals surface area contributed by atoms with E-state index in [1.807, 2.05) is 13.8 Å². The van der Waals surface area contributed by atoms with Crippen LogP contribution in [-0.4, -0.2) is 34.5 Å². The second-order valence-electron chi connectivity index (χ2n) is 5.65. The molecule has 2 fully saturated rings. The average molecular weight is 300 g/mol. The van der Waals surface area contributed by atoms with Crippen LogP contribution in [0.15, 0.2) is 0 Å². The molecule has 7 nitrogen and oxygen atoms in total. The molecule has 5 N–H and O–H groups in total. The SMILES string of the molecule is CC1(C)OC[C@@H]([C@H]2C[C@H]2Nc2nc(N)nc(Cl)c2N)O1. The number of rotatable bonds is 3. The molecule has 1 aromatic rings. The van der Waals surface area contributed by atoms with Crippen molar-refractivity contribution in [2.24, 2.45) is 5.92 Å². The number of hydrogen-bond donors (Lipinski definition) is 3. The Hall–Kier alpha value is -1.31. The van der Waals surface area contributed by atoms with Crippen LogP contribution in [0.4, 0.5) is 17.5 Å². The Morgan fingerprint density at radius 2 is 2.10 bits per heavy atom. The van der Waals surface area contributed by atoms with E-state index in [4.69, 9.17) is 32.5 Å². The van der Waals surface area contributed by atoms with Gasteiger partial charge in [0, 0.05) is 12.0 Å². The first kappa shape index (κ1) is 13.7. The first-order chi connectivity index (χ1) is 9.35. The smallest absolute Gasteiger partial charge is 0.223 e. The van der Waals surface area contributed by atoms with E-state index in [1.54, 1.807) is 0 Å². The van der Waals surface area contributed by atoms with Crippen molar-refractivity contribution in [1.82, 2.24) is 9.97 Å². The average Bonchev–Trinajstić information content (AvgIpc) is 3.01. The third-order valence-corrected chi connectivity index (χ3v) is 3.87. The molecule has 0 bridgehead atoms. The van der Waals surface area contributed by atoms with Crippen molar-refractivity contribution in [2.45, 2.75) is 38.2 Å². The van der Waals surface area contributed by atoms with Gasteiger partial charge in [-0.1, -0.05) is 11.6 Å². The van der Waals surface area contributed by atoms with Crippen molar-refractivity contribution >= 4 is 29.1 Å². The molecule has 20 heavy (non-hydrogen) atoms. The highest BCUT2D eigenvalue weighted by Gasteiger charge is 2.49. The van der Waals surface area contributed by atoms with Crippen LogP contribution in [-0.2, 0) is 9.47 Å². The molecule has 3 rings (SSSR count). The molecule has 0 amide bonds. The molecule has 110 valence electrons. The third kappa shape index (κ3) is 2.61. The summed E-state index contributed by atoms with van der Waals surface area (Å²) in [5.41, 5.74) is 11.7. The van der Waals surface area contributed by atoms with E-state index in [2.05, 4.69) is 15.3 Å². The van der Waals surface area contributed by atoms with Crippen LogP contribution in [0.2, 0.25) is 5.15 Å². The number of nitrogen functional groups attached to an aromatic ring is 2. The number of nitrogens with zero attached hydrogens (tertiary/aromatic N) is 2. The summed E-state index contributed by atoms with van der Waals surface area (Å²) in [7, 11) is 0. The van der Waals surface area contributed by atoms with Crippen molar-refractivity contribution in [3.63, 3.8) is 0 Å². The summed E-state index contributed by atoms with van der Waals surface area (Å²) in [6, 6.07) is 0.241. The van der Waals surface area contributed by atoms with Gasteiger partial charge < -0.3 is 26.3 Å². The molecule has 0 aromatic carbocycles. The van der Waals surface area contributed by atoms with Gasteiger partial charge in [0.25, 0.3) is 0 Å². The molecule has 0 radical (unpaired) electrons. The summed E-state index contributed by atoms with van der Waals surface area (Å²) in [4.78, 5) is 7.88. The minimum atomic E-state index is -0.501. The maximum Gasteiger partial charge on any atom is 0.223 e. The molecular weight excluding hydrogens is 282 g/mol. The predicted octanol–water partition coefficient (Wildman–Crippen LogP) is 1.25. The van der Waals surface area contributed by atoms with Crippen LogP contribution >= 0.6 is 11.6 Å². The van der Waals surface area contributed by atoms with Crippen molar-refractivity contribution < 1.29 is 9.47 Å². The number of nitrogens with two attached hydrogens (primary N) is 2. The molecule has 3 atom stereocenters. The molecule has 2 heterocycles. The topological polar surface area (TPSA) is 108 Å². The normalized spacial score (nSPS) is 31.2. The highest BCUT2D eigenvalue weighted by molar-refractivity contribution is 6.32. The first-order valence-electron chi connectivity index (χ1n) is 6.52. The molecule has 8 heteroatoms. The third-order valence-electron chi connectivity index (χ3n) is 3.59. The van der Waals surface area contributed by atoms with Gasteiger partial charge >= 0.3 is 0 Å². The lowest BCUT2D eigenvalue weighted by Gasteiger charge is -2.17. The van der Waals surface area contributed by atoms with E-state index < -0.39 is 5.79 Å². The fraction of sp³-hybridized carbons (Fsp3) is 0.667. The Morgan fingerprint density at radius 3 is 2.75 bits per heavy atom. The van der Waals surface area contributed by atoms with Crippen molar-refractivity contribution in [1.29, 1.82) is 0 Å². The highest BCUT2D eigenvalue weighted by atomic mass is 35.5. The maximum atomic E-state index is 5.88. The molecule has 1 aliphatic heterocycles. The van der Waals surface area contributed by atoms with E-state index in [9.17, 15) is 0 Å². The Balaban J connectivity index is 1.64. The molecule has 1 saturated heterocycles. The van der Waals surface area contributed by atoms with Gasteiger partial charge in [-0.05, 0) is 20.3 Å². The summed E-state index contributed by atoms with van der Waals surface area (Å²) < 4.78 is 11.4. The van der Waals surface area contributed by atoms with Gasteiger partial charge in [-0.2, -0.15) is 9.97 Å². The lowest BCUT2D eigenvalue weighted by molar-refractivity contribution is -0.140. The van der Waals surface area contributed by atoms with Gasteiger partial charge in [-0.15, -0.1) is 0 Å². The quantitative estimate of drug-likeness (QED) is 0.721. The van der Waals surface area contributed by atoms with E-state index in [0.717, 1.165) is 6.42 Å². The van der Waals surface area contributed by atoms with Crippen molar-refractivity contribution in [3.05, 3.63) is 5.15 Å². The zero-order chi connectivity index (χ0) is 14.5. The van der Waals surface area contributed by atoms with Crippen LogP contribution in [0.5, 0.6) is 0 Å². The fourth-order valence-corrected chi connectivity index (χ4v) is 2.64. The van der Waals surface area contributed by atoms with Crippen molar-refractivity contribution in [3.8, 4) is 0 Å². The summed E-state index contributed by atoms with van der Waals surface area (Å²) in [6.07, 6.45) is 1.07. The summed E-state index contributed by atoms with van der Waals surface area (Å²) in [6.45, 7) is 4.44. The van der Waals surface area contributed by atoms with E-state index >= 15 is 0 Å². The molecular formula is C12H18ClN5O2. The van der Waals surface area contributed by atoms with Gasteiger partial charge in [-0.25, -0.2) is 0 Å². The standard InChI is InChI=1S/C12H18ClN5O2/c1-12(2)19-4-7(20-12)5-3-6(5)16-10-8(14)9(13)17-11(15)18-10/h5-7H,3-4,14H2,1-2H3,(H3,15,16,17,18)/t5-,6+,7-/m0/s1. The summed E-state index contributed by atoms with van der Waals surface area (Å²) in [5.74, 6) is 0.462. The van der Waals surface area contributed by atoms with E-state index in [1.165, 1.54) is 0 Å². The molecule has 1 aliphatic carbocycles. The Morgan fingerprint density at radius 1 is 1.35 bits per heavy atom. The summed E-state index contributed by atoms with van der Waals surface area (Å²) >= 11 is 5.88. The molecule has 1 aromatic heterocycles. The predicted molar refractivity (Wildman–Crippen MR) is 76.3 cm³/mol. The molecule has 0 unspecified atom stereocenters. The lowest BCUT2D eigenvalue weighted by atomic mass is 10.2. The highest BCUT2D eigenvalue weighted by Crippen LogP contribution is 2.42. The zero-order valence-electron chi connectivity index (χ0n) is 11.4. The van der Waals surface area contributed by atoms with Crippen molar-refractivity contribution in [2.75, 3.05) is 23.4 Å². The Bertz CT molecular complexity index is 539. The Labute approximate surface area is 122 Å². The maximum absolute atomic E-state index is 5.88. The van der Waals surface area contributed by atoms with Crippen LogP contribution in [0.1, 0.15) is 20.3 Å². The van der Waals surface area contributed by atoms with Gasteiger partial charge in [0.05, 0.1) is 12.7 Å². The number of hydrogen-bond acceptors (Lipinski definition) is 7. The van der Waals surface area contributed by atoms with Crippen LogP contribution in [0.3, 0.4) is 0 Å². The van der Waals surface area contributed by atoms with Gasteiger partial charge in [-0.3, -0.25) is 0 Å². The van der Waals surface area contributed by atoms with Crippen LogP contribution in [0.25, 0.3) is 0 Å². The fourth-order valence-electron chi connectivity index (χ4n) is 2.46.